The molecule has 0 aliphatic rings. The third-order valence-corrected chi connectivity index (χ3v) is 2.64. The summed E-state index contributed by atoms with van der Waals surface area (Å²) in [5.41, 5.74) is -0.221. The molecular formula is C9H12F2N2O3S. The largest absolute Gasteiger partial charge is 0.388 e. The Bertz CT molecular complexity index is 493. The van der Waals surface area contributed by atoms with E-state index in [1.807, 2.05) is 4.72 Å². The third kappa shape index (κ3) is 4.73. The predicted octanol–water partition coefficient (Wildman–Crippen LogP) is 0.181. The Morgan fingerprint density at radius 2 is 2.06 bits per heavy atom. The van der Waals surface area contributed by atoms with Gasteiger partial charge in [-0.25, -0.2) is 18.6 Å². The zero-order valence-corrected chi connectivity index (χ0v) is 9.55. The molecule has 0 heterocycles. The number of aliphatic hydroxyl groups excluding tert-OH is 1. The van der Waals surface area contributed by atoms with Crippen LogP contribution >= 0.6 is 0 Å². The topological polar surface area (TPSA) is 92.4 Å². The number of hydrogen-bond acceptors (Lipinski definition) is 3. The molecule has 0 saturated carbocycles. The van der Waals surface area contributed by atoms with Crippen molar-refractivity contribution in [3.05, 3.63) is 35.4 Å². The Morgan fingerprint density at radius 3 is 2.65 bits per heavy atom. The van der Waals surface area contributed by atoms with E-state index in [-0.39, 0.29) is 18.5 Å². The van der Waals surface area contributed by atoms with Crippen LogP contribution in [0, 0.1) is 11.6 Å². The Hall–Kier alpha value is -1.09. The molecule has 17 heavy (non-hydrogen) atoms. The van der Waals surface area contributed by atoms with Crippen molar-refractivity contribution >= 4 is 10.2 Å². The van der Waals surface area contributed by atoms with E-state index >= 15 is 0 Å². The van der Waals surface area contributed by atoms with Crippen molar-refractivity contribution < 1.29 is 22.3 Å². The predicted molar refractivity (Wildman–Crippen MR) is 57.0 cm³/mol. The summed E-state index contributed by atoms with van der Waals surface area (Å²) in [7, 11) is -3.85. The van der Waals surface area contributed by atoms with Gasteiger partial charge < -0.3 is 5.11 Å². The van der Waals surface area contributed by atoms with Crippen LogP contribution < -0.4 is 9.86 Å². The Labute approximate surface area is 97.4 Å². The zero-order chi connectivity index (χ0) is 13.1. The van der Waals surface area contributed by atoms with Gasteiger partial charge in [0.1, 0.15) is 11.6 Å². The number of aliphatic hydroxyl groups is 1. The molecule has 5 nitrogen and oxygen atoms in total. The molecule has 0 aliphatic heterocycles. The number of halogens is 2. The normalized spacial score (nSPS) is 13.6. The van der Waals surface area contributed by atoms with E-state index < -0.39 is 27.9 Å². The Morgan fingerprint density at radius 1 is 1.41 bits per heavy atom. The number of rotatable bonds is 5. The van der Waals surface area contributed by atoms with Crippen molar-refractivity contribution in [2.24, 2.45) is 5.14 Å². The second kappa shape index (κ2) is 5.50. The van der Waals surface area contributed by atoms with Crippen LogP contribution in [-0.2, 0) is 10.2 Å². The van der Waals surface area contributed by atoms with Gasteiger partial charge in [0, 0.05) is 12.1 Å². The molecule has 8 heteroatoms. The van der Waals surface area contributed by atoms with Gasteiger partial charge in [0.2, 0.25) is 0 Å². The molecule has 0 spiro atoms. The van der Waals surface area contributed by atoms with Gasteiger partial charge in [-0.1, -0.05) is 0 Å². The van der Waals surface area contributed by atoms with Crippen LogP contribution in [0.4, 0.5) is 8.78 Å². The quantitative estimate of drug-likeness (QED) is 0.710. The number of hydrogen-bond donors (Lipinski definition) is 3. The van der Waals surface area contributed by atoms with Crippen molar-refractivity contribution in [3.63, 3.8) is 0 Å². The van der Waals surface area contributed by atoms with Gasteiger partial charge in [0.15, 0.2) is 0 Å². The highest BCUT2D eigenvalue weighted by Gasteiger charge is 2.14. The van der Waals surface area contributed by atoms with Gasteiger partial charge in [-0.2, -0.15) is 8.42 Å². The van der Waals surface area contributed by atoms with Gasteiger partial charge in [-0.15, -0.1) is 0 Å². The van der Waals surface area contributed by atoms with E-state index in [0.717, 1.165) is 18.2 Å². The lowest BCUT2D eigenvalue weighted by atomic mass is 10.1. The van der Waals surface area contributed by atoms with E-state index in [4.69, 9.17) is 0 Å². The minimum absolute atomic E-state index is 0.114. The average molecular weight is 266 g/mol. The summed E-state index contributed by atoms with van der Waals surface area (Å²) in [5.74, 6) is -1.44. The van der Waals surface area contributed by atoms with Crippen molar-refractivity contribution in [1.82, 2.24) is 4.72 Å². The highest BCUT2D eigenvalue weighted by molar-refractivity contribution is 7.87. The van der Waals surface area contributed by atoms with Crippen LogP contribution in [0.5, 0.6) is 0 Å². The molecule has 1 unspecified atom stereocenters. The monoisotopic (exact) mass is 266 g/mol. The minimum atomic E-state index is -3.85. The number of nitrogens with one attached hydrogen (secondary N) is 1. The molecule has 0 radical (unpaired) electrons. The van der Waals surface area contributed by atoms with Gasteiger partial charge in [-0.05, 0) is 24.6 Å². The first-order valence-electron chi connectivity index (χ1n) is 4.70. The molecule has 1 aromatic carbocycles. The highest BCUT2D eigenvalue weighted by Crippen LogP contribution is 2.20. The Balaban J connectivity index is 2.64. The Kier molecular flexibility index (Phi) is 4.52. The lowest BCUT2D eigenvalue weighted by Gasteiger charge is -2.11. The van der Waals surface area contributed by atoms with Crippen molar-refractivity contribution in [2.45, 2.75) is 12.5 Å². The molecular weight excluding hydrogens is 254 g/mol. The highest BCUT2D eigenvalue weighted by atomic mass is 32.2. The van der Waals surface area contributed by atoms with Crippen molar-refractivity contribution in [1.29, 1.82) is 0 Å². The fourth-order valence-electron chi connectivity index (χ4n) is 1.26. The summed E-state index contributed by atoms with van der Waals surface area (Å²) in [5, 5.41) is 14.2. The smallest absolute Gasteiger partial charge is 0.274 e. The van der Waals surface area contributed by atoms with Crippen LogP contribution in [0.25, 0.3) is 0 Å². The van der Waals surface area contributed by atoms with Gasteiger partial charge in [0.05, 0.1) is 6.10 Å². The van der Waals surface area contributed by atoms with E-state index in [9.17, 15) is 22.3 Å². The SMILES string of the molecule is NS(=O)(=O)NCCC(O)c1cc(F)ccc1F. The van der Waals surface area contributed by atoms with Crippen LogP contribution in [0.2, 0.25) is 0 Å². The first-order chi connectivity index (χ1) is 7.79. The van der Waals surface area contributed by atoms with Crippen LogP contribution in [-0.4, -0.2) is 20.1 Å². The fourth-order valence-corrected chi connectivity index (χ4v) is 1.67. The van der Waals surface area contributed by atoms with Crippen LogP contribution in [0.3, 0.4) is 0 Å². The van der Waals surface area contributed by atoms with E-state index in [0.29, 0.717) is 0 Å². The van der Waals surface area contributed by atoms with Crippen LogP contribution in [0.15, 0.2) is 18.2 Å². The van der Waals surface area contributed by atoms with E-state index in [2.05, 4.69) is 5.14 Å². The summed E-state index contributed by atoms with van der Waals surface area (Å²) < 4.78 is 49.0. The fraction of sp³-hybridized carbons (Fsp3) is 0.333. The molecule has 0 aliphatic carbocycles. The lowest BCUT2D eigenvalue weighted by molar-refractivity contribution is 0.164. The van der Waals surface area contributed by atoms with E-state index in [1.165, 1.54) is 0 Å². The molecule has 1 rings (SSSR count). The van der Waals surface area contributed by atoms with E-state index in [1.54, 1.807) is 0 Å². The first-order valence-corrected chi connectivity index (χ1v) is 6.24. The van der Waals surface area contributed by atoms with Gasteiger partial charge in [-0.3, -0.25) is 0 Å². The van der Waals surface area contributed by atoms with Crippen molar-refractivity contribution in [3.8, 4) is 0 Å². The van der Waals surface area contributed by atoms with Gasteiger partial charge >= 0.3 is 0 Å². The van der Waals surface area contributed by atoms with Crippen LogP contribution in [0.1, 0.15) is 18.1 Å². The molecule has 96 valence electrons. The first kappa shape index (κ1) is 14.0. The minimum Gasteiger partial charge on any atom is -0.388 e. The molecule has 0 fully saturated rings. The summed E-state index contributed by atoms with van der Waals surface area (Å²) in [6, 6.07) is 2.67. The summed E-state index contributed by atoms with van der Waals surface area (Å²) >= 11 is 0. The maximum absolute atomic E-state index is 13.2. The molecule has 4 N–H and O–H groups in total. The summed E-state index contributed by atoms with van der Waals surface area (Å²) in [4.78, 5) is 0. The van der Waals surface area contributed by atoms with Crippen molar-refractivity contribution in [2.75, 3.05) is 6.54 Å². The number of nitrogens with two attached hydrogens (primary N) is 1. The lowest BCUT2D eigenvalue weighted by Crippen LogP contribution is -2.32. The average Bonchev–Trinajstić information content (AvgIpc) is 2.19. The molecule has 0 aromatic heterocycles. The zero-order valence-electron chi connectivity index (χ0n) is 8.73. The maximum Gasteiger partial charge on any atom is 0.274 e. The molecule has 0 saturated heterocycles. The summed E-state index contributed by atoms with van der Waals surface area (Å²) in [6.07, 6.45) is -1.42. The second-order valence-corrected chi connectivity index (χ2v) is 4.79. The molecule has 1 atom stereocenters. The molecule has 1 aromatic rings. The van der Waals surface area contributed by atoms with Gasteiger partial charge in [0.25, 0.3) is 10.2 Å². The third-order valence-electron chi connectivity index (χ3n) is 2.04. The maximum atomic E-state index is 13.2. The second-order valence-electron chi connectivity index (χ2n) is 3.41. The standard InChI is InChI=1S/C9H12F2N2O3S/c10-6-1-2-8(11)7(5-6)9(14)3-4-13-17(12,15)16/h1-2,5,9,13-14H,3-4H2,(H2,12,15,16). The molecule has 0 amide bonds. The number of benzene rings is 1. The molecule has 0 bridgehead atoms. The summed E-state index contributed by atoms with van der Waals surface area (Å²) in [6.45, 7) is -0.171.